The molecule has 0 bridgehead atoms. The van der Waals surface area contributed by atoms with Gasteiger partial charge in [0, 0.05) is 0 Å². The molecule has 1 N–H and O–H groups in total. The molecule has 0 unspecified atom stereocenters. The number of ether oxygens (including phenoxy) is 1. The van der Waals surface area contributed by atoms with Crippen LogP contribution in [0.1, 0.15) is 5.82 Å². The fourth-order valence-corrected chi connectivity index (χ4v) is 1.93. The highest BCUT2D eigenvalue weighted by Gasteiger charge is 2.10. The van der Waals surface area contributed by atoms with Crippen LogP contribution < -0.4 is 10.3 Å². The van der Waals surface area contributed by atoms with E-state index in [1.165, 1.54) is 0 Å². The quantitative estimate of drug-likeness (QED) is 0.740. The minimum absolute atomic E-state index is 0.0145. The molecule has 0 amide bonds. The summed E-state index contributed by atoms with van der Waals surface area (Å²) in [5.74, 6) is 0.812. The molecule has 0 aliphatic rings. The SMILES string of the molecule is O=c1c2ccccc2nc(COc2ccccc2)n1O. The predicted molar refractivity (Wildman–Crippen MR) is 74.0 cm³/mol. The zero-order valence-electron chi connectivity index (χ0n) is 10.6. The van der Waals surface area contributed by atoms with Gasteiger partial charge in [0.1, 0.15) is 12.4 Å². The minimum atomic E-state index is -0.498. The van der Waals surface area contributed by atoms with E-state index in [1.54, 1.807) is 36.4 Å². The van der Waals surface area contributed by atoms with Crippen LogP contribution in [-0.4, -0.2) is 14.9 Å². The van der Waals surface area contributed by atoms with E-state index < -0.39 is 5.56 Å². The number of fused-ring (bicyclic) bond motifs is 1. The largest absolute Gasteiger partial charge is 0.486 e. The van der Waals surface area contributed by atoms with Gasteiger partial charge in [0.2, 0.25) is 0 Å². The third-order valence-electron chi connectivity index (χ3n) is 2.93. The first kappa shape index (κ1) is 12.2. The lowest BCUT2D eigenvalue weighted by Crippen LogP contribution is -2.24. The number of hydrogen-bond acceptors (Lipinski definition) is 4. The second-order valence-corrected chi connectivity index (χ2v) is 4.26. The Hall–Kier alpha value is -2.82. The molecule has 0 saturated carbocycles. The van der Waals surface area contributed by atoms with Crippen molar-refractivity contribution in [2.45, 2.75) is 6.61 Å². The van der Waals surface area contributed by atoms with E-state index in [1.807, 2.05) is 18.2 Å². The topological polar surface area (TPSA) is 64.3 Å². The molecule has 2 aromatic carbocycles. The van der Waals surface area contributed by atoms with Crippen LogP contribution in [0.4, 0.5) is 0 Å². The fourth-order valence-electron chi connectivity index (χ4n) is 1.93. The summed E-state index contributed by atoms with van der Waals surface area (Å²) in [7, 11) is 0. The molecule has 0 radical (unpaired) electrons. The summed E-state index contributed by atoms with van der Waals surface area (Å²) in [6.45, 7) is 0.0145. The van der Waals surface area contributed by atoms with Crippen molar-refractivity contribution in [1.29, 1.82) is 0 Å². The predicted octanol–water partition coefficient (Wildman–Crippen LogP) is 2.21. The van der Waals surface area contributed by atoms with Crippen molar-refractivity contribution in [2.75, 3.05) is 0 Å². The summed E-state index contributed by atoms with van der Waals surface area (Å²) in [5.41, 5.74) is 0.0386. The van der Waals surface area contributed by atoms with Gasteiger partial charge in [0.25, 0.3) is 5.56 Å². The molecule has 0 aliphatic carbocycles. The first-order valence-corrected chi connectivity index (χ1v) is 6.13. The first-order valence-electron chi connectivity index (χ1n) is 6.13. The van der Waals surface area contributed by atoms with Gasteiger partial charge in [0.05, 0.1) is 10.9 Å². The molecule has 5 nitrogen and oxygen atoms in total. The molecule has 5 heteroatoms. The molecular weight excluding hydrogens is 256 g/mol. The average Bonchev–Trinajstić information content (AvgIpc) is 2.50. The van der Waals surface area contributed by atoms with Crippen LogP contribution in [0.15, 0.2) is 59.4 Å². The maximum absolute atomic E-state index is 12.0. The zero-order valence-corrected chi connectivity index (χ0v) is 10.6. The molecule has 0 fully saturated rings. The average molecular weight is 268 g/mol. The van der Waals surface area contributed by atoms with Gasteiger partial charge in [-0.25, -0.2) is 4.98 Å². The normalized spacial score (nSPS) is 10.6. The first-order chi connectivity index (χ1) is 9.75. The second-order valence-electron chi connectivity index (χ2n) is 4.26. The van der Waals surface area contributed by atoms with Gasteiger partial charge in [0.15, 0.2) is 5.82 Å². The van der Waals surface area contributed by atoms with E-state index in [0.29, 0.717) is 21.4 Å². The molecule has 1 aromatic heterocycles. The molecule has 0 atom stereocenters. The van der Waals surface area contributed by atoms with Crippen molar-refractivity contribution < 1.29 is 9.94 Å². The molecule has 100 valence electrons. The summed E-state index contributed by atoms with van der Waals surface area (Å²) in [4.78, 5) is 16.2. The van der Waals surface area contributed by atoms with Crippen LogP contribution in [0.3, 0.4) is 0 Å². The van der Waals surface area contributed by atoms with E-state index in [-0.39, 0.29) is 12.4 Å². The number of rotatable bonds is 3. The summed E-state index contributed by atoms with van der Waals surface area (Å²) in [6, 6.07) is 16.0. The molecule has 3 aromatic rings. The van der Waals surface area contributed by atoms with E-state index in [9.17, 15) is 10.0 Å². The molecule has 3 rings (SSSR count). The molecule has 20 heavy (non-hydrogen) atoms. The van der Waals surface area contributed by atoms with Crippen LogP contribution >= 0.6 is 0 Å². The van der Waals surface area contributed by atoms with Crippen LogP contribution in [0, 0.1) is 0 Å². The van der Waals surface area contributed by atoms with Crippen molar-refractivity contribution in [3.05, 3.63) is 70.8 Å². The van der Waals surface area contributed by atoms with Crippen molar-refractivity contribution in [3.63, 3.8) is 0 Å². The highest BCUT2D eigenvalue weighted by molar-refractivity contribution is 5.77. The lowest BCUT2D eigenvalue weighted by molar-refractivity contribution is 0.144. The maximum atomic E-state index is 12.0. The van der Waals surface area contributed by atoms with Gasteiger partial charge in [-0.2, -0.15) is 0 Å². The lowest BCUT2D eigenvalue weighted by atomic mass is 10.2. The van der Waals surface area contributed by atoms with E-state index in [2.05, 4.69) is 4.98 Å². The Kier molecular flexibility index (Phi) is 3.09. The van der Waals surface area contributed by atoms with Gasteiger partial charge in [-0.15, -0.1) is 4.73 Å². The summed E-state index contributed by atoms with van der Waals surface area (Å²) >= 11 is 0. The smallest absolute Gasteiger partial charge is 0.294 e. The molecule has 0 aliphatic heterocycles. The van der Waals surface area contributed by atoms with Crippen molar-refractivity contribution >= 4 is 10.9 Å². The van der Waals surface area contributed by atoms with Crippen molar-refractivity contribution in [3.8, 4) is 5.75 Å². The molecular formula is C15H12N2O3. The summed E-state index contributed by atoms with van der Waals surface area (Å²) in [5, 5.41) is 10.2. The lowest BCUT2D eigenvalue weighted by Gasteiger charge is -2.09. The van der Waals surface area contributed by atoms with Crippen LogP contribution in [0.25, 0.3) is 10.9 Å². The molecule has 0 saturated heterocycles. The number of para-hydroxylation sites is 2. The Morgan fingerprint density at radius 2 is 1.75 bits per heavy atom. The van der Waals surface area contributed by atoms with E-state index >= 15 is 0 Å². The zero-order chi connectivity index (χ0) is 13.9. The minimum Gasteiger partial charge on any atom is -0.486 e. The Morgan fingerprint density at radius 1 is 1.05 bits per heavy atom. The van der Waals surface area contributed by atoms with Gasteiger partial charge >= 0.3 is 0 Å². The Morgan fingerprint density at radius 3 is 2.55 bits per heavy atom. The number of aromatic nitrogens is 2. The van der Waals surface area contributed by atoms with Gasteiger partial charge in [-0.05, 0) is 24.3 Å². The third-order valence-corrected chi connectivity index (χ3v) is 2.93. The maximum Gasteiger partial charge on any atom is 0.294 e. The summed E-state index contributed by atoms with van der Waals surface area (Å²) in [6.07, 6.45) is 0. The Bertz CT molecular complexity index is 797. The second kappa shape index (κ2) is 5.05. The van der Waals surface area contributed by atoms with Crippen molar-refractivity contribution in [1.82, 2.24) is 9.71 Å². The van der Waals surface area contributed by atoms with Gasteiger partial charge < -0.3 is 9.94 Å². The van der Waals surface area contributed by atoms with E-state index in [0.717, 1.165) is 0 Å². The Balaban J connectivity index is 1.96. The third kappa shape index (κ3) is 2.21. The van der Waals surface area contributed by atoms with Crippen LogP contribution in [0.5, 0.6) is 5.75 Å². The monoisotopic (exact) mass is 268 g/mol. The van der Waals surface area contributed by atoms with Gasteiger partial charge in [-0.1, -0.05) is 30.3 Å². The van der Waals surface area contributed by atoms with Crippen LogP contribution in [-0.2, 0) is 6.61 Å². The fraction of sp³-hybridized carbons (Fsp3) is 0.0667. The highest BCUT2D eigenvalue weighted by atomic mass is 16.5. The number of benzene rings is 2. The molecule has 0 spiro atoms. The van der Waals surface area contributed by atoms with E-state index in [4.69, 9.17) is 4.74 Å². The standard InChI is InChI=1S/C15H12N2O3/c18-15-12-8-4-5-9-13(12)16-14(17(15)19)10-20-11-6-2-1-3-7-11/h1-9,19H,10H2. The van der Waals surface area contributed by atoms with Gasteiger partial charge in [-0.3, -0.25) is 4.79 Å². The number of hydrogen-bond donors (Lipinski definition) is 1. The number of nitrogens with zero attached hydrogens (tertiary/aromatic N) is 2. The highest BCUT2D eigenvalue weighted by Crippen LogP contribution is 2.12. The Labute approximate surface area is 114 Å². The molecule has 1 heterocycles. The summed E-state index contributed by atoms with van der Waals surface area (Å²) < 4.78 is 6.03. The van der Waals surface area contributed by atoms with Crippen LogP contribution in [0.2, 0.25) is 0 Å². The van der Waals surface area contributed by atoms with Crippen molar-refractivity contribution in [2.24, 2.45) is 0 Å².